The number of nitrogens with zero attached hydrogens (tertiary/aromatic N) is 1. The molecule has 1 fully saturated rings. The van der Waals surface area contributed by atoms with E-state index >= 15 is 0 Å². The summed E-state index contributed by atoms with van der Waals surface area (Å²) in [5.74, 6) is -1.73. The summed E-state index contributed by atoms with van der Waals surface area (Å²) < 4.78 is 28.9. The lowest BCUT2D eigenvalue weighted by atomic mass is 10.1. The van der Waals surface area contributed by atoms with Gasteiger partial charge in [0, 0.05) is 12.1 Å². The maximum atomic E-state index is 12.5. The Balaban J connectivity index is 2.33. The molecule has 1 heterocycles. The molecule has 0 spiro atoms. The van der Waals surface area contributed by atoms with Crippen molar-refractivity contribution in [3.05, 3.63) is 29.8 Å². The number of morpholine rings is 1. The Morgan fingerprint density at radius 3 is 2.77 bits per heavy atom. The van der Waals surface area contributed by atoms with Crippen molar-refractivity contribution in [2.24, 2.45) is 0 Å². The zero-order valence-electron chi connectivity index (χ0n) is 12.1. The molecule has 1 aromatic carbocycles. The average Bonchev–Trinajstić information content (AvgIpc) is 2.54. The molecule has 1 aliphatic rings. The number of carboxylic acids is 1. The Kier molecular flexibility index (Phi) is 4.82. The highest BCUT2D eigenvalue weighted by atomic mass is 32.2. The Bertz CT molecular complexity index is 684. The van der Waals surface area contributed by atoms with Crippen molar-refractivity contribution in [3.63, 3.8) is 0 Å². The van der Waals surface area contributed by atoms with E-state index in [2.05, 4.69) is 0 Å². The molecule has 2 rings (SSSR count). The van der Waals surface area contributed by atoms with E-state index in [1.165, 1.54) is 36.1 Å². The van der Waals surface area contributed by atoms with Gasteiger partial charge in [-0.2, -0.15) is 0 Å². The van der Waals surface area contributed by atoms with Crippen LogP contribution in [0.2, 0.25) is 0 Å². The van der Waals surface area contributed by atoms with Gasteiger partial charge in [0.2, 0.25) is 0 Å². The first-order valence-corrected chi connectivity index (χ1v) is 8.46. The van der Waals surface area contributed by atoms with E-state index in [0.717, 1.165) is 0 Å². The fraction of sp³-hybridized carbons (Fsp3) is 0.429. The first kappa shape index (κ1) is 16.4. The van der Waals surface area contributed by atoms with Crippen LogP contribution in [0, 0.1) is 0 Å². The van der Waals surface area contributed by atoms with Crippen LogP contribution in [0.4, 0.5) is 0 Å². The quantitative estimate of drug-likeness (QED) is 0.859. The van der Waals surface area contributed by atoms with Gasteiger partial charge in [0.05, 0.1) is 23.9 Å². The van der Waals surface area contributed by atoms with Crippen molar-refractivity contribution in [1.82, 2.24) is 4.90 Å². The molecule has 1 saturated heterocycles. The number of hydrogen-bond acceptors (Lipinski definition) is 5. The first-order valence-electron chi connectivity index (χ1n) is 6.81. The summed E-state index contributed by atoms with van der Waals surface area (Å²) in [7, 11) is -3.43. The molecule has 1 unspecified atom stereocenters. The summed E-state index contributed by atoms with van der Waals surface area (Å²) in [5.41, 5.74) is 0.155. The van der Waals surface area contributed by atoms with E-state index in [-0.39, 0.29) is 36.0 Å². The molecule has 22 heavy (non-hydrogen) atoms. The van der Waals surface area contributed by atoms with Gasteiger partial charge in [0.15, 0.2) is 15.9 Å². The number of carboxylic acid groups (broad SMARTS) is 1. The van der Waals surface area contributed by atoms with Crippen molar-refractivity contribution >= 4 is 21.7 Å². The van der Waals surface area contributed by atoms with Crippen LogP contribution in [-0.4, -0.2) is 61.9 Å². The van der Waals surface area contributed by atoms with E-state index in [4.69, 9.17) is 9.84 Å². The number of benzene rings is 1. The number of aliphatic carboxylic acids is 1. The number of hydrogen-bond donors (Lipinski definition) is 1. The van der Waals surface area contributed by atoms with E-state index in [1.54, 1.807) is 0 Å². The number of carbonyl (C=O) groups excluding carboxylic acids is 1. The van der Waals surface area contributed by atoms with Crippen molar-refractivity contribution in [1.29, 1.82) is 0 Å². The lowest BCUT2D eigenvalue weighted by Crippen LogP contribution is -2.52. The van der Waals surface area contributed by atoms with Crippen molar-refractivity contribution < 1.29 is 27.9 Å². The van der Waals surface area contributed by atoms with Crippen LogP contribution in [0.1, 0.15) is 17.3 Å². The number of sulfone groups is 1. The van der Waals surface area contributed by atoms with Crippen LogP contribution >= 0.6 is 0 Å². The smallest absolute Gasteiger partial charge is 0.328 e. The zero-order chi connectivity index (χ0) is 16.3. The van der Waals surface area contributed by atoms with Gasteiger partial charge in [0.25, 0.3) is 5.91 Å². The van der Waals surface area contributed by atoms with E-state index < -0.39 is 27.8 Å². The highest BCUT2D eigenvalue weighted by molar-refractivity contribution is 7.91. The van der Waals surface area contributed by atoms with Crippen LogP contribution < -0.4 is 0 Å². The second-order valence-corrected chi connectivity index (χ2v) is 7.14. The van der Waals surface area contributed by atoms with Crippen LogP contribution in [-0.2, 0) is 19.4 Å². The molecule has 0 aromatic heterocycles. The molecular formula is C14H17NO6S. The van der Waals surface area contributed by atoms with E-state index in [9.17, 15) is 18.0 Å². The predicted molar refractivity (Wildman–Crippen MR) is 77.4 cm³/mol. The number of ether oxygens (including phenoxy) is 1. The minimum atomic E-state index is -3.43. The molecule has 1 amide bonds. The minimum absolute atomic E-state index is 0.0565. The fourth-order valence-electron chi connectivity index (χ4n) is 2.21. The summed E-state index contributed by atoms with van der Waals surface area (Å²) >= 11 is 0. The van der Waals surface area contributed by atoms with Gasteiger partial charge in [-0.25, -0.2) is 13.2 Å². The molecule has 1 aromatic rings. The maximum Gasteiger partial charge on any atom is 0.328 e. The maximum absolute atomic E-state index is 12.5. The summed E-state index contributed by atoms with van der Waals surface area (Å²) in [6.07, 6.45) is 0. The van der Waals surface area contributed by atoms with Crippen molar-refractivity contribution in [2.75, 3.05) is 25.5 Å². The Morgan fingerprint density at radius 1 is 1.41 bits per heavy atom. The van der Waals surface area contributed by atoms with Gasteiger partial charge < -0.3 is 14.7 Å². The summed E-state index contributed by atoms with van der Waals surface area (Å²) in [5, 5.41) is 9.16. The highest BCUT2D eigenvalue weighted by Crippen LogP contribution is 2.17. The molecule has 0 aliphatic carbocycles. The number of rotatable bonds is 4. The first-order chi connectivity index (χ1) is 10.4. The summed E-state index contributed by atoms with van der Waals surface area (Å²) in [6, 6.07) is 4.60. The highest BCUT2D eigenvalue weighted by Gasteiger charge is 2.33. The normalized spacial score (nSPS) is 19.0. The molecule has 0 bridgehead atoms. The van der Waals surface area contributed by atoms with Gasteiger partial charge in [0.1, 0.15) is 0 Å². The molecule has 0 saturated carbocycles. The molecule has 1 atom stereocenters. The molecular weight excluding hydrogens is 310 g/mol. The van der Waals surface area contributed by atoms with Crippen molar-refractivity contribution in [2.45, 2.75) is 17.9 Å². The second-order valence-electron chi connectivity index (χ2n) is 4.86. The topological polar surface area (TPSA) is 101 Å². The van der Waals surface area contributed by atoms with Crippen LogP contribution in [0.15, 0.2) is 29.2 Å². The lowest BCUT2D eigenvalue weighted by Gasteiger charge is -2.32. The van der Waals surface area contributed by atoms with Gasteiger partial charge >= 0.3 is 5.97 Å². The van der Waals surface area contributed by atoms with Crippen LogP contribution in [0.25, 0.3) is 0 Å². The third kappa shape index (κ3) is 3.28. The zero-order valence-corrected chi connectivity index (χ0v) is 12.9. The second kappa shape index (κ2) is 6.45. The van der Waals surface area contributed by atoms with Crippen molar-refractivity contribution in [3.8, 4) is 0 Å². The Labute approximate surface area is 128 Å². The predicted octanol–water partition coefficient (Wildman–Crippen LogP) is 0.406. The standard InChI is InChI=1S/C14H17NO6S/c1-2-22(19,20)11-5-3-4-10(8-11)13(16)15-6-7-21-9-12(15)14(17)18/h3-5,8,12H,2,6-7,9H2,1H3,(H,17,18). The molecule has 1 aliphatic heterocycles. The van der Waals surface area contributed by atoms with E-state index in [0.29, 0.717) is 0 Å². The third-order valence-electron chi connectivity index (χ3n) is 3.49. The molecule has 7 nitrogen and oxygen atoms in total. The lowest BCUT2D eigenvalue weighted by molar-refractivity contribution is -0.147. The largest absolute Gasteiger partial charge is 0.480 e. The number of amides is 1. The molecule has 120 valence electrons. The SMILES string of the molecule is CCS(=O)(=O)c1cccc(C(=O)N2CCOCC2C(=O)O)c1. The molecule has 8 heteroatoms. The minimum Gasteiger partial charge on any atom is -0.480 e. The monoisotopic (exact) mass is 327 g/mol. The number of carbonyl (C=O) groups is 2. The van der Waals surface area contributed by atoms with Crippen LogP contribution in [0.3, 0.4) is 0 Å². The molecule has 1 N–H and O–H groups in total. The van der Waals surface area contributed by atoms with Gasteiger partial charge in [-0.1, -0.05) is 13.0 Å². The third-order valence-corrected chi connectivity index (χ3v) is 5.23. The van der Waals surface area contributed by atoms with Gasteiger partial charge in [-0.15, -0.1) is 0 Å². The summed E-state index contributed by atoms with van der Waals surface area (Å²) in [4.78, 5) is 25.0. The fourth-order valence-corrected chi connectivity index (χ4v) is 3.13. The van der Waals surface area contributed by atoms with Gasteiger partial charge in [-0.05, 0) is 18.2 Å². The van der Waals surface area contributed by atoms with Gasteiger partial charge in [-0.3, -0.25) is 4.79 Å². The van der Waals surface area contributed by atoms with E-state index in [1.807, 2.05) is 0 Å². The molecule has 0 radical (unpaired) electrons. The Hall–Kier alpha value is -1.93. The average molecular weight is 327 g/mol. The van der Waals surface area contributed by atoms with Crippen LogP contribution in [0.5, 0.6) is 0 Å². The summed E-state index contributed by atoms with van der Waals surface area (Å²) in [6.45, 7) is 1.85. The Morgan fingerprint density at radius 2 is 2.14 bits per heavy atom.